The van der Waals surface area contributed by atoms with Gasteiger partial charge in [0, 0.05) is 6.54 Å². The molecule has 0 aliphatic rings. The van der Waals surface area contributed by atoms with Crippen LogP contribution in [0.5, 0.6) is 0 Å². The van der Waals surface area contributed by atoms with Crippen LogP contribution in [0.15, 0.2) is 24.3 Å². The number of benzene rings is 1. The zero-order valence-corrected chi connectivity index (χ0v) is 10.1. The number of hydrogen-bond acceptors (Lipinski definition) is 3. The van der Waals surface area contributed by atoms with Crippen molar-refractivity contribution in [2.75, 3.05) is 0 Å². The van der Waals surface area contributed by atoms with Crippen LogP contribution in [0.25, 0.3) is 0 Å². The lowest BCUT2D eigenvalue weighted by Crippen LogP contribution is -2.31. The summed E-state index contributed by atoms with van der Waals surface area (Å²) in [6.45, 7) is 3.50. The Morgan fingerprint density at radius 3 is 2.62 bits per heavy atom. The molecule has 1 N–H and O–H groups in total. The molecule has 4 nitrogen and oxygen atoms in total. The van der Waals surface area contributed by atoms with Gasteiger partial charge >= 0.3 is 0 Å². The largest absolute Gasteiger partial charge is 0.227 e. The molecule has 1 atom stereocenters. The lowest BCUT2D eigenvalue weighted by atomic mass is 10.1. The predicted octanol–water partition coefficient (Wildman–Crippen LogP) is 1.33. The van der Waals surface area contributed by atoms with E-state index in [9.17, 15) is 8.42 Å². The van der Waals surface area contributed by atoms with Gasteiger partial charge in [0.05, 0.1) is 6.07 Å². The molecule has 16 heavy (non-hydrogen) atoms. The number of sulfonamides is 1. The Morgan fingerprint density at radius 1 is 1.44 bits per heavy atom. The fourth-order valence-corrected chi connectivity index (χ4v) is 1.93. The van der Waals surface area contributed by atoms with Gasteiger partial charge in [-0.2, -0.15) is 5.26 Å². The minimum atomic E-state index is -3.54. The number of hydrogen-bond donors (Lipinski definition) is 1. The van der Waals surface area contributed by atoms with Crippen LogP contribution in [0.1, 0.15) is 18.1 Å². The Bertz CT molecular complexity index is 503. The summed E-state index contributed by atoms with van der Waals surface area (Å²) in [6.07, 6.45) is 0. The average molecular weight is 238 g/mol. The van der Waals surface area contributed by atoms with Crippen LogP contribution in [0.4, 0.5) is 0 Å². The second kappa shape index (κ2) is 5.10. The first-order chi connectivity index (χ1) is 7.47. The first kappa shape index (κ1) is 12.7. The molecule has 0 spiro atoms. The Balaban J connectivity index is 2.74. The van der Waals surface area contributed by atoms with Gasteiger partial charge in [-0.05, 0) is 25.0 Å². The van der Waals surface area contributed by atoms with E-state index in [2.05, 4.69) is 4.72 Å². The van der Waals surface area contributed by atoms with E-state index in [0.717, 1.165) is 11.1 Å². The second-order valence-electron chi connectivity index (χ2n) is 3.56. The normalized spacial score (nSPS) is 13.1. The van der Waals surface area contributed by atoms with Gasteiger partial charge in [-0.3, -0.25) is 0 Å². The smallest absolute Gasteiger partial charge is 0.211 e. The van der Waals surface area contributed by atoms with Gasteiger partial charge in [-0.15, -0.1) is 0 Å². The van der Waals surface area contributed by atoms with Crippen LogP contribution in [0, 0.1) is 18.3 Å². The molecule has 1 aromatic carbocycles. The molecule has 1 rings (SSSR count). The van der Waals surface area contributed by atoms with Crippen LogP contribution in [-0.4, -0.2) is 13.7 Å². The topological polar surface area (TPSA) is 70.0 Å². The molecule has 1 unspecified atom stereocenters. The first-order valence-electron chi connectivity index (χ1n) is 4.90. The van der Waals surface area contributed by atoms with Gasteiger partial charge in [0.25, 0.3) is 0 Å². The molecule has 0 bridgehead atoms. The minimum absolute atomic E-state index is 0.223. The van der Waals surface area contributed by atoms with Gasteiger partial charge in [0.15, 0.2) is 5.25 Å². The summed E-state index contributed by atoms with van der Waals surface area (Å²) in [5.41, 5.74) is 1.94. The third-order valence-corrected chi connectivity index (χ3v) is 3.96. The van der Waals surface area contributed by atoms with E-state index in [0.29, 0.717) is 0 Å². The van der Waals surface area contributed by atoms with Gasteiger partial charge in [-0.25, -0.2) is 13.1 Å². The molecule has 1 aromatic rings. The van der Waals surface area contributed by atoms with E-state index in [1.807, 2.05) is 31.2 Å². The van der Waals surface area contributed by atoms with E-state index in [1.54, 1.807) is 6.07 Å². The standard InChI is InChI=1S/C11H14N2O2S/c1-9-5-3-4-6-11(9)8-13-16(14,15)10(2)7-12/h3-6,10,13H,8H2,1-2H3. The quantitative estimate of drug-likeness (QED) is 0.860. The van der Waals surface area contributed by atoms with Gasteiger partial charge in [0.2, 0.25) is 10.0 Å². The van der Waals surface area contributed by atoms with Crippen LogP contribution >= 0.6 is 0 Å². The number of aryl methyl sites for hydroxylation is 1. The van der Waals surface area contributed by atoms with Gasteiger partial charge in [0.1, 0.15) is 0 Å². The zero-order valence-electron chi connectivity index (χ0n) is 9.27. The van der Waals surface area contributed by atoms with Gasteiger partial charge < -0.3 is 0 Å². The summed E-state index contributed by atoms with van der Waals surface area (Å²) in [5, 5.41) is 7.52. The lowest BCUT2D eigenvalue weighted by molar-refractivity contribution is 0.577. The van der Waals surface area contributed by atoms with E-state index >= 15 is 0 Å². The fraction of sp³-hybridized carbons (Fsp3) is 0.364. The zero-order chi connectivity index (χ0) is 12.2. The maximum atomic E-state index is 11.5. The van der Waals surface area contributed by atoms with Crippen LogP contribution in [-0.2, 0) is 16.6 Å². The summed E-state index contributed by atoms with van der Waals surface area (Å²) in [5.74, 6) is 0. The van der Waals surface area contributed by atoms with Crippen molar-refractivity contribution in [2.45, 2.75) is 25.6 Å². The van der Waals surface area contributed by atoms with Crippen molar-refractivity contribution >= 4 is 10.0 Å². The van der Waals surface area contributed by atoms with Crippen molar-refractivity contribution in [2.24, 2.45) is 0 Å². The Kier molecular flexibility index (Phi) is 4.05. The van der Waals surface area contributed by atoms with Crippen molar-refractivity contribution in [3.63, 3.8) is 0 Å². The van der Waals surface area contributed by atoms with E-state index in [-0.39, 0.29) is 6.54 Å². The molecule has 0 radical (unpaired) electrons. The summed E-state index contributed by atoms with van der Waals surface area (Å²) < 4.78 is 25.4. The SMILES string of the molecule is Cc1ccccc1CNS(=O)(=O)C(C)C#N. The first-order valence-corrected chi connectivity index (χ1v) is 6.44. The second-order valence-corrected chi connectivity index (χ2v) is 5.65. The summed E-state index contributed by atoms with van der Waals surface area (Å²) in [4.78, 5) is 0. The highest BCUT2D eigenvalue weighted by molar-refractivity contribution is 7.90. The molecule has 86 valence electrons. The van der Waals surface area contributed by atoms with Crippen molar-refractivity contribution in [3.05, 3.63) is 35.4 Å². The maximum Gasteiger partial charge on any atom is 0.227 e. The molecule has 0 aliphatic carbocycles. The molecule has 0 heterocycles. The molecular formula is C11H14N2O2S. The Labute approximate surface area is 96.0 Å². The predicted molar refractivity (Wildman–Crippen MR) is 62.0 cm³/mol. The van der Waals surface area contributed by atoms with E-state index in [1.165, 1.54) is 6.92 Å². The van der Waals surface area contributed by atoms with Crippen LogP contribution in [0.2, 0.25) is 0 Å². The Hall–Kier alpha value is -1.38. The fourth-order valence-electron chi connectivity index (χ4n) is 1.18. The van der Waals surface area contributed by atoms with Crippen LogP contribution < -0.4 is 4.72 Å². The highest BCUT2D eigenvalue weighted by atomic mass is 32.2. The Morgan fingerprint density at radius 2 is 2.06 bits per heavy atom. The van der Waals surface area contributed by atoms with Crippen molar-refractivity contribution in [1.29, 1.82) is 5.26 Å². The number of rotatable bonds is 4. The molecule has 0 fully saturated rings. The highest BCUT2D eigenvalue weighted by Crippen LogP contribution is 2.07. The third kappa shape index (κ3) is 3.05. The summed E-state index contributed by atoms with van der Waals surface area (Å²) in [6, 6.07) is 9.22. The molecule has 0 saturated heterocycles. The molecule has 0 saturated carbocycles. The average Bonchev–Trinajstić information content (AvgIpc) is 2.27. The van der Waals surface area contributed by atoms with Gasteiger partial charge in [-0.1, -0.05) is 24.3 Å². The van der Waals surface area contributed by atoms with Crippen LogP contribution in [0.3, 0.4) is 0 Å². The molecule has 0 aromatic heterocycles. The summed E-state index contributed by atoms with van der Waals surface area (Å²) >= 11 is 0. The molecule has 0 aliphatic heterocycles. The monoisotopic (exact) mass is 238 g/mol. The van der Waals surface area contributed by atoms with Crippen molar-refractivity contribution in [1.82, 2.24) is 4.72 Å². The third-order valence-electron chi connectivity index (χ3n) is 2.37. The highest BCUT2D eigenvalue weighted by Gasteiger charge is 2.19. The number of nitrogens with one attached hydrogen (secondary N) is 1. The number of nitriles is 1. The molecular weight excluding hydrogens is 224 g/mol. The molecule has 0 amide bonds. The lowest BCUT2D eigenvalue weighted by Gasteiger charge is -2.09. The maximum absolute atomic E-state index is 11.5. The number of nitrogens with zero attached hydrogens (tertiary/aromatic N) is 1. The summed E-state index contributed by atoms with van der Waals surface area (Å²) in [7, 11) is -3.54. The van der Waals surface area contributed by atoms with E-state index in [4.69, 9.17) is 5.26 Å². The van der Waals surface area contributed by atoms with Crippen molar-refractivity contribution in [3.8, 4) is 6.07 Å². The van der Waals surface area contributed by atoms with Crippen molar-refractivity contribution < 1.29 is 8.42 Å². The molecule has 5 heteroatoms. The van der Waals surface area contributed by atoms with E-state index < -0.39 is 15.3 Å². The minimum Gasteiger partial charge on any atom is -0.211 e.